The first-order valence-corrected chi connectivity index (χ1v) is 16.4. The molecule has 0 radical (unpaired) electrons. The van der Waals surface area contributed by atoms with Crippen molar-refractivity contribution >= 4 is 0 Å². The van der Waals surface area contributed by atoms with Gasteiger partial charge in [-0.2, -0.15) is 0 Å². The summed E-state index contributed by atoms with van der Waals surface area (Å²) in [5.41, 5.74) is 0. The van der Waals surface area contributed by atoms with Crippen molar-refractivity contribution < 1.29 is 4.74 Å². The molecule has 0 aromatic rings. The molecule has 0 spiro atoms. The largest absolute Gasteiger partial charge is 0.378 e. The van der Waals surface area contributed by atoms with Gasteiger partial charge in [-0.05, 0) is 81.0 Å². The van der Waals surface area contributed by atoms with Crippen molar-refractivity contribution in [2.75, 3.05) is 6.61 Å². The predicted molar refractivity (Wildman–Crippen MR) is 149 cm³/mol. The lowest BCUT2D eigenvalue weighted by Gasteiger charge is -2.38. The van der Waals surface area contributed by atoms with Crippen LogP contribution in [0.1, 0.15) is 168 Å². The molecule has 0 saturated heterocycles. The van der Waals surface area contributed by atoms with Crippen molar-refractivity contribution in [3.05, 3.63) is 0 Å². The van der Waals surface area contributed by atoms with Gasteiger partial charge < -0.3 is 4.74 Å². The van der Waals surface area contributed by atoms with Gasteiger partial charge in [0.2, 0.25) is 0 Å². The third kappa shape index (κ3) is 10.9. The van der Waals surface area contributed by atoms with E-state index in [0.717, 1.165) is 36.2 Å². The fraction of sp³-hybridized carbons (Fsp3) is 1.00. The maximum atomic E-state index is 6.39. The standard InChI is InChI=1S/C33H62O/c1-3-5-7-8-10-13-28-15-17-30(18-16-28)14-11-27-34-33-25-23-32(24-26-33)31-21-19-29(20-22-31)12-9-6-4-2/h28-33H,3-27H2,1-2H3. The summed E-state index contributed by atoms with van der Waals surface area (Å²) in [5.74, 6) is 5.20. The van der Waals surface area contributed by atoms with E-state index in [4.69, 9.17) is 4.74 Å². The minimum absolute atomic E-state index is 0.588. The van der Waals surface area contributed by atoms with Crippen LogP contribution in [-0.4, -0.2) is 12.7 Å². The zero-order chi connectivity index (χ0) is 23.8. The van der Waals surface area contributed by atoms with E-state index >= 15 is 0 Å². The predicted octanol–water partition coefficient (Wildman–Crippen LogP) is 10.9. The van der Waals surface area contributed by atoms with Gasteiger partial charge in [0.25, 0.3) is 0 Å². The van der Waals surface area contributed by atoms with Crippen LogP contribution in [0.4, 0.5) is 0 Å². The van der Waals surface area contributed by atoms with E-state index in [9.17, 15) is 0 Å². The van der Waals surface area contributed by atoms with Crippen LogP contribution >= 0.6 is 0 Å². The van der Waals surface area contributed by atoms with E-state index in [1.54, 1.807) is 0 Å². The number of unbranched alkanes of at least 4 members (excludes halogenated alkanes) is 6. The van der Waals surface area contributed by atoms with Crippen molar-refractivity contribution in [2.45, 2.75) is 174 Å². The van der Waals surface area contributed by atoms with Crippen LogP contribution in [0, 0.1) is 29.6 Å². The van der Waals surface area contributed by atoms with Gasteiger partial charge in [-0.3, -0.25) is 0 Å². The second-order valence-corrected chi connectivity index (χ2v) is 12.9. The van der Waals surface area contributed by atoms with Crippen molar-refractivity contribution in [1.29, 1.82) is 0 Å². The van der Waals surface area contributed by atoms with E-state index in [1.165, 1.54) is 154 Å². The normalized spacial score (nSPS) is 32.6. The number of rotatable bonds is 16. The Kier molecular flexibility index (Phi) is 14.6. The first-order valence-electron chi connectivity index (χ1n) is 16.4. The van der Waals surface area contributed by atoms with Crippen LogP contribution < -0.4 is 0 Å². The third-order valence-corrected chi connectivity index (χ3v) is 10.3. The first kappa shape index (κ1) is 28.5. The SMILES string of the molecule is CCCCCCCC1CCC(CCCOC2CCC(C3CCC(CCCCC)CC3)CC2)CC1. The summed E-state index contributed by atoms with van der Waals surface area (Å²) in [4.78, 5) is 0. The van der Waals surface area contributed by atoms with Gasteiger partial charge in [0, 0.05) is 6.61 Å². The monoisotopic (exact) mass is 474 g/mol. The van der Waals surface area contributed by atoms with Crippen LogP contribution in [0.25, 0.3) is 0 Å². The van der Waals surface area contributed by atoms with Crippen LogP contribution in [0.3, 0.4) is 0 Å². The average molecular weight is 475 g/mol. The average Bonchev–Trinajstić information content (AvgIpc) is 2.88. The molecule has 0 aromatic carbocycles. The lowest BCUT2D eigenvalue weighted by atomic mass is 9.70. The topological polar surface area (TPSA) is 9.23 Å². The van der Waals surface area contributed by atoms with Crippen molar-refractivity contribution in [3.63, 3.8) is 0 Å². The molecule has 0 amide bonds. The van der Waals surface area contributed by atoms with Crippen molar-refractivity contribution in [3.8, 4) is 0 Å². The van der Waals surface area contributed by atoms with E-state index in [0.29, 0.717) is 6.10 Å². The van der Waals surface area contributed by atoms with E-state index in [2.05, 4.69) is 13.8 Å². The van der Waals surface area contributed by atoms with Gasteiger partial charge >= 0.3 is 0 Å². The highest BCUT2D eigenvalue weighted by molar-refractivity contribution is 4.82. The summed E-state index contributed by atoms with van der Waals surface area (Å²) in [6, 6.07) is 0. The van der Waals surface area contributed by atoms with E-state index in [-0.39, 0.29) is 0 Å². The molecule has 0 atom stereocenters. The highest BCUT2D eigenvalue weighted by Gasteiger charge is 2.31. The molecule has 34 heavy (non-hydrogen) atoms. The lowest BCUT2D eigenvalue weighted by Crippen LogP contribution is -2.28. The second kappa shape index (κ2) is 17.4. The fourth-order valence-electron chi connectivity index (χ4n) is 7.83. The molecule has 200 valence electrons. The summed E-state index contributed by atoms with van der Waals surface area (Å²) in [6.07, 6.45) is 35.7. The van der Waals surface area contributed by atoms with E-state index < -0.39 is 0 Å². The van der Waals surface area contributed by atoms with Crippen LogP contribution in [0.5, 0.6) is 0 Å². The Bertz CT molecular complexity index is 463. The molecule has 3 rings (SSSR count). The quantitative estimate of drug-likeness (QED) is 0.202. The van der Waals surface area contributed by atoms with Crippen LogP contribution in [0.2, 0.25) is 0 Å². The van der Waals surface area contributed by atoms with Crippen molar-refractivity contribution in [1.82, 2.24) is 0 Å². The Morgan fingerprint density at radius 2 is 0.853 bits per heavy atom. The summed E-state index contributed by atoms with van der Waals surface area (Å²) in [5, 5.41) is 0. The fourth-order valence-corrected chi connectivity index (χ4v) is 7.83. The molecule has 0 heterocycles. The Balaban J connectivity index is 1.15. The Morgan fingerprint density at radius 1 is 0.441 bits per heavy atom. The molecular weight excluding hydrogens is 412 g/mol. The molecule has 3 aliphatic carbocycles. The molecule has 0 bridgehead atoms. The summed E-state index contributed by atoms with van der Waals surface area (Å²) in [6.45, 7) is 5.69. The molecule has 1 nitrogen and oxygen atoms in total. The molecule has 3 saturated carbocycles. The Labute approximate surface area is 215 Å². The highest BCUT2D eigenvalue weighted by atomic mass is 16.5. The Morgan fingerprint density at radius 3 is 1.41 bits per heavy atom. The first-order chi connectivity index (χ1) is 16.8. The highest BCUT2D eigenvalue weighted by Crippen LogP contribution is 2.41. The number of ether oxygens (including phenoxy) is 1. The molecule has 3 aliphatic rings. The second-order valence-electron chi connectivity index (χ2n) is 12.9. The molecule has 1 heteroatoms. The molecule has 0 unspecified atom stereocenters. The van der Waals surface area contributed by atoms with Crippen LogP contribution in [-0.2, 0) is 4.74 Å². The van der Waals surface area contributed by atoms with E-state index in [1.807, 2.05) is 0 Å². The summed E-state index contributed by atoms with van der Waals surface area (Å²) >= 11 is 0. The van der Waals surface area contributed by atoms with Gasteiger partial charge in [-0.25, -0.2) is 0 Å². The maximum Gasteiger partial charge on any atom is 0.0575 e. The maximum absolute atomic E-state index is 6.39. The molecular formula is C33H62O. The minimum atomic E-state index is 0.588. The zero-order valence-electron chi connectivity index (χ0n) is 23.6. The molecule has 3 fully saturated rings. The van der Waals surface area contributed by atoms with Gasteiger partial charge in [0.15, 0.2) is 0 Å². The van der Waals surface area contributed by atoms with Crippen LogP contribution in [0.15, 0.2) is 0 Å². The zero-order valence-corrected chi connectivity index (χ0v) is 23.6. The summed E-state index contributed by atoms with van der Waals surface area (Å²) in [7, 11) is 0. The van der Waals surface area contributed by atoms with Gasteiger partial charge in [-0.1, -0.05) is 117 Å². The van der Waals surface area contributed by atoms with Gasteiger partial charge in [-0.15, -0.1) is 0 Å². The molecule has 0 N–H and O–H groups in total. The smallest absolute Gasteiger partial charge is 0.0575 e. The molecule has 0 aromatic heterocycles. The Hall–Kier alpha value is -0.0400. The van der Waals surface area contributed by atoms with Gasteiger partial charge in [0.05, 0.1) is 6.10 Å². The molecule has 0 aliphatic heterocycles. The number of hydrogen-bond donors (Lipinski definition) is 0. The minimum Gasteiger partial charge on any atom is -0.378 e. The van der Waals surface area contributed by atoms with Crippen molar-refractivity contribution in [2.24, 2.45) is 29.6 Å². The number of hydrogen-bond acceptors (Lipinski definition) is 1. The lowest BCUT2D eigenvalue weighted by molar-refractivity contribution is 0.00367. The summed E-state index contributed by atoms with van der Waals surface area (Å²) < 4.78 is 6.39. The van der Waals surface area contributed by atoms with Gasteiger partial charge in [0.1, 0.15) is 0 Å². The third-order valence-electron chi connectivity index (χ3n) is 10.3.